The summed E-state index contributed by atoms with van der Waals surface area (Å²) in [6.45, 7) is 5.69. The van der Waals surface area contributed by atoms with Crippen molar-refractivity contribution in [1.29, 1.82) is 0 Å². The summed E-state index contributed by atoms with van der Waals surface area (Å²) in [4.78, 5) is 35.6. The minimum Gasteiger partial charge on any atom is -0.394 e. The van der Waals surface area contributed by atoms with Gasteiger partial charge in [0, 0.05) is 6.20 Å². The molecule has 2 atom stereocenters. The van der Waals surface area contributed by atoms with E-state index in [4.69, 9.17) is 0 Å². The predicted molar refractivity (Wildman–Crippen MR) is 123 cm³/mol. The molecule has 0 saturated heterocycles. The Morgan fingerprint density at radius 1 is 1.25 bits per heavy atom. The highest BCUT2D eigenvalue weighted by Gasteiger charge is 2.22. The molecular weight excluding hydrogens is 478 g/mol. The van der Waals surface area contributed by atoms with Gasteiger partial charge in [-0.1, -0.05) is 36.9 Å². The number of halogens is 1. The number of rotatable bonds is 10. The number of thioether (sulfide) groups is 1. The van der Waals surface area contributed by atoms with Crippen LogP contribution in [0, 0.1) is 11.7 Å². The zero-order chi connectivity index (χ0) is 23.5. The van der Waals surface area contributed by atoms with E-state index in [0.717, 1.165) is 11.3 Å². The van der Waals surface area contributed by atoms with Gasteiger partial charge in [-0.3, -0.25) is 10.1 Å². The van der Waals surface area contributed by atoms with Crippen LogP contribution >= 0.6 is 30.8 Å². The van der Waals surface area contributed by atoms with Gasteiger partial charge in [-0.05, 0) is 31.4 Å². The topological polar surface area (TPSA) is 153 Å². The fraction of sp³-hybridized carbons (Fsp3) is 0.444. The van der Waals surface area contributed by atoms with Crippen molar-refractivity contribution in [2.75, 3.05) is 17.0 Å². The Morgan fingerprint density at radius 2 is 2.00 bits per heavy atom. The highest BCUT2D eigenvalue weighted by molar-refractivity contribution is 7.99. The molecule has 0 spiro atoms. The number of hydrogen-bond acceptors (Lipinski definition) is 9. The van der Waals surface area contributed by atoms with Crippen LogP contribution in [0.25, 0.3) is 10.3 Å². The third-order valence-electron chi connectivity index (χ3n) is 4.25. The molecule has 0 aliphatic carbocycles. The number of thiazole rings is 1. The van der Waals surface area contributed by atoms with Crippen molar-refractivity contribution in [3.63, 3.8) is 0 Å². The van der Waals surface area contributed by atoms with Crippen LogP contribution in [0.1, 0.15) is 38.1 Å². The van der Waals surface area contributed by atoms with Crippen LogP contribution in [0.5, 0.6) is 0 Å². The number of nitrogens with zero attached hydrogens (tertiary/aromatic N) is 4. The molecule has 0 aromatic carbocycles. The number of fused-ring (bicyclic) bond motifs is 1. The molecule has 3 aromatic heterocycles. The van der Waals surface area contributed by atoms with Gasteiger partial charge in [-0.15, -0.1) is 0 Å². The van der Waals surface area contributed by atoms with Crippen LogP contribution in [0.3, 0.4) is 0 Å². The lowest BCUT2D eigenvalue weighted by Crippen LogP contribution is -2.26. The van der Waals surface area contributed by atoms with Crippen LogP contribution in [0.4, 0.5) is 15.3 Å². The second kappa shape index (κ2) is 10.4. The molecule has 32 heavy (non-hydrogen) atoms. The standard InChI is InChI=1S/C18H24FN6O4PS2/c1-9(2)7-11(8-26)21-15-14-16(24-18(32-14)25-30(27,28)29)23-17(22-15)31-10(3)13-12(19)5-4-6-20-13/h4-6,9-11,26H,7-8H2,1-3H3,(H4,21,22,23,24,25,27,28,29)/t10?,11-/m1/s1. The molecule has 1 unspecified atom stereocenters. The van der Waals surface area contributed by atoms with E-state index >= 15 is 0 Å². The Morgan fingerprint density at radius 3 is 2.62 bits per heavy atom. The first-order chi connectivity index (χ1) is 15.1. The molecule has 0 aliphatic heterocycles. The normalized spacial score (nSPS) is 14.0. The lowest BCUT2D eigenvalue weighted by Gasteiger charge is -2.19. The van der Waals surface area contributed by atoms with E-state index < -0.39 is 18.8 Å². The van der Waals surface area contributed by atoms with Crippen LogP contribution < -0.4 is 10.4 Å². The summed E-state index contributed by atoms with van der Waals surface area (Å²) < 4.78 is 25.9. The summed E-state index contributed by atoms with van der Waals surface area (Å²) in [6.07, 6.45) is 2.18. The van der Waals surface area contributed by atoms with Gasteiger partial charge in [-0.25, -0.2) is 18.9 Å². The van der Waals surface area contributed by atoms with Gasteiger partial charge < -0.3 is 20.2 Å². The molecule has 14 heteroatoms. The number of nitrogens with one attached hydrogen (secondary N) is 2. The number of anilines is 2. The maximum absolute atomic E-state index is 14.1. The van der Waals surface area contributed by atoms with E-state index in [1.165, 1.54) is 30.1 Å². The Hall–Kier alpha value is -1.89. The van der Waals surface area contributed by atoms with Crippen LogP contribution in [-0.4, -0.2) is 47.5 Å². The predicted octanol–water partition coefficient (Wildman–Crippen LogP) is 3.80. The minimum absolute atomic E-state index is 0.0129. The van der Waals surface area contributed by atoms with E-state index in [1.54, 1.807) is 6.92 Å². The zero-order valence-electron chi connectivity index (χ0n) is 17.6. The summed E-state index contributed by atoms with van der Waals surface area (Å²) in [6, 6.07) is 2.54. The van der Waals surface area contributed by atoms with Crippen molar-refractivity contribution in [2.45, 2.75) is 43.6 Å². The third kappa shape index (κ3) is 6.56. The summed E-state index contributed by atoms with van der Waals surface area (Å²) in [5, 5.41) is 14.9. The molecule has 3 aromatic rings. The minimum atomic E-state index is -4.56. The quantitative estimate of drug-likeness (QED) is 0.156. The maximum Gasteiger partial charge on any atom is 0.429 e. The fourth-order valence-corrected chi connectivity index (χ4v) is 5.41. The fourth-order valence-electron chi connectivity index (χ4n) is 2.98. The molecule has 174 valence electrons. The number of aliphatic hydroxyl groups is 1. The molecule has 0 aliphatic rings. The van der Waals surface area contributed by atoms with Gasteiger partial charge in [0.05, 0.1) is 23.6 Å². The second-order valence-corrected chi connectivity index (χ2v) is 11.1. The summed E-state index contributed by atoms with van der Waals surface area (Å²) in [5.74, 6) is 0.250. The molecule has 0 saturated carbocycles. The number of hydrogen-bond donors (Lipinski definition) is 5. The maximum atomic E-state index is 14.1. The Balaban J connectivity index is 1.99. The molecule has 0 bridgehead atoms. The molecule has 0 amide bonds. The Bertz CT molecular complexity index is 1130. The number of aromatic nitrogens is 4. The van der Waals surface area contributed by atoms with Crippen LogP contribution in [0.2, 0.25) is 0 Å². The molecular formula is C18H24FN6O4PS2. The largest absolute Gasteiger partial charge is 0.429 e. The summed E-state index contributed by atoms with van der Waals surface area (Å²) in [7, 11) is -4.56. The molecule has 0 radical (unpaired) electrons. The highest BCUT2D eigenvalue weighted by atomic mass is 32.2. The average Bonchev–Trinajstić information content (AvgIpc) is 3.08. The monoisotopic (exact) mass is 502 g/mol. The van der Waals surface area contributed by atoms with E-state index in [9.17, 15) is 23.8 Å². The van der Waals surface area contributed by atoms with Crippen molar-refractivity contribution < 1.29 is 23.8 Å². The Kier molecular flexibility index (Phi) is 8.01. The van der Waals surface area contributed by atoms with E-state index in [0.29, 0.717) is 22.9 Å². The second-order valence-electron chi connectivity index (χ2n) is 7.47. The molecule has 10 nitrogen and oxygen atoms in total. The van der Waals surface area contributed by atoms with Crippen molar-refractivity contribution >= 4 is 52.1 Å². The third-order valence-corrected chi connectivity index (χ3v) is 6.84. The number of aliphatic hydroxyl groups excluding tert-OH is 1. The van der Waals surface area contributed by atoms with Gasteiger partial charge >= 0.3 is 7.75 Å². The summed E-state index contributed by atoms with van der Waals surface area (Å²) >= 11 is 2.16. The zero-order valence-corrected chi connectivity index (χ0v) is 20.1. The molecule has 3 rings (SSSR count). The molecule has 3 heterocycles. The van der Waals surface area contributed by atoms with Crippen molar-refractivity contribution in [1.82, 2.24) is 19.9 Å². The average molecular weight is 503 g/mol. The first-order valence-corrected chi connectivity index (χ1v) is 13.0. The van der Waals surface area contributed by atoms with Gasteiger partial charge in [0.2, 0.25) is 0 Å². The van der Waals surface area contributed by atoms with Gasteiger partial charge in [0.1, 0.15) is 10.5 Å². The number of pyridine rings is 1. The smallest absolute Gasteiger partial charge is 0.394 e. The van der Waals surface area contributed by atoms with Crippen molar-refractivity contribution in [2.24, 2.45) is 5.92 Å². The van der Waals surface area contributed by atoms with Gasteiger partial charge in [0.15, 0.2) is 21.8 Å². The first kappa shape index (κ1) is 24.7. The highest BCUT2D eigenvalue weighted by Crippen LogP contribution is 2.41. The van der Waals surface area contributed by atoms with Crippen LogP contribution in [0.15, 0.2) is 23.5 Å². The van der Waals surface area contributed by atoms with Crippen LogP contribution in [-0.2, 0) is 4.57 Å². The lowest BCUT2D eigenvalue weighted by atomic mass is 10.0. The molecule has 0 fully saturated rings. The summed E-state index contributed by atoms with van der Waals surface area (Å²) in [5.41, 5.74) is 0.478. The van der Waals surface area contributed by atoms with E-state index in [1.807, 2.05) is 13.8 Å². The first-order valence-electron chi connectivity index (χ1n) is 9.72. The Labute approximate surface area is 192 Å². The van der Waals surface area contributed by atoms with Crippen molar-refractivity contribution in [3.8, 4) is 0 Å². The molecule has 5 N–H and O–H groups in total. The SMILES string of the molecule is CC(C)C[C@H](CO)Nc1nc(SC(C)c2ncccc2F)nc2nc(NP(=O)(O)O)sc12. The van der Waals surface area contributed by atoms with Crippen molar-refractivity contribution in [3.05, 3.63) is 29.8 Å². The van der Waals surface area contributed by atoms with Gasteiger partial charge in [0.25, 0.3) is 0 Å². The van der Waals surface area contributed by atoms with Gasteiger partial charge in [-0.2, -0.15) is 4.98 Å². The van der Waals surface area contributed by atoms with E-state index in [2.05, 4.69) is 30.3 Å². The lowest BCUT2D eigenvalue weighted by molar-refractivity contribution is 0.259. The van der Waals surface area contributed by atoms with E-state index in [-0.39, 0.29) is 34.3 Å².